The van der Waals surface area contributed by atoms with Gasteiger partial charge in [-0.2, -0.15) is 9.97 Å². The lowest BCUT2D eigenvalue weighted by molar-refractivity contribution is 0.670. The van der Waals surface area contributed by atoms with Gasteiger partial charge in [0.15, 0.2) is 11.6 Å². The van der Waals surface area contributed by atoms with E-state index in [9.17, 15) is 0 Å². The summed E-state index contributed by atoms with van der Waals surface area (Å²) in [6.45, 7) is 0. The molecule has 0 amide bonds. The van der Waals surface area contributed by atoms with Gasteiger partial charge in [-0.1, -0.05) is 194 Å². The van der Waals surface area contributed by atoms with Gasteiger partial charge in [0, 0.05) is 49.3 Å². The summed E-state index contributed by atoms with van der Waals surface area (Å²) < 4.78 is 6.80. The maximum Gasteiger partial charge on any atom is 0.226 e. The van der Waals surface area contributed by atoms with Crippen LogP contribution in [0, 0.1) is 0 Å². The first-order valence-electron chi connectivity index (χ1n) is 21.7. The van der Waals surface area contributed by atoms with Gasteiger partial charge in [0.1, 0.15) is 11.2 Å². The Kier molecular flexibility index (Phi) is 8.51. The molecule has 5 nitrogen and oxygen atoms in total. The predicted molar refractivity (Wildman–Crippen MR) is 269 cm³/mol. The van der Waals surface area contributed by atoms with Gasteiger partial charge in [-0.05, 0) is 78.7 Å². The third-order valence-corrected chi connectivity index (χ3v) is 13.0. The number of aromatic nitrogens is 4. The van der Waals surface area contributed by atoms with Gasteiger partial charge in [0.2, 0.25) is 5.28 Å². The van der Waals surface area contributed by atoms with Gasteiger partial charge in [0.05, 0.1) is 5.52 Å². The minimum absolute atomic E-state index is 0.157. The van der Waals surface area contributed by atoms with Crippen molar-refractivity contribution in [1.82, 2.24) is 19.9 Å². The molecule has 0 atom stereocenters. The van der Waals surface area contributed by atoms with Crippen LogP contribution in [0.25, 0.3) is 133 Å². The van der Waals surface area contributed by atoms with Crippen molar-refractivity contribution in [3.63, 3.8) is 0 Å². The SMILES string of the molecule is Clc1nc(-c2ccc(-c3ccccc3)cc2)nc(-c2ccc(-c3ccc(-c4cccc5c4ccc4oc6c(-c7cccc8c7[nH]c7ccc9ccccc9c78)cccc6c45)cc3)cc2)n1. The van der Waals surface area contributed by atoms with E-state index in [1.54, 1.807) is 0 Å². The zero-order valence-electron chi connectivity index (χ0n) is 34.8. The second-order valence-corrected chi connectivity index (χ2v) is 16.9. The number of para-hydroxylation sites is 2. The van der Waals surface area contributed by atoms with Gasteiger partial charge < -0.3 is 9.40 Å². The lowest BCUT2D eigenvalue weighted by Crippen LogP contribution is -1.97. The molecule has 0 fully saturated rings. The van der Waals surface area contributed by atoms with E-state index in [1.807, 2.05) is 42.5 Å². The van der Waals surface area contributed by atoms with E-state index in [-0.39, 0.29) is 5.28 Å². The standard InChI is InChI=1S/C59H35ClN4O/c60-59-63-57(41-27-21-36(22-28-41)35-9-2-1-3-10-35)62-58(64-59)42-29-23-38(24-30-42)37-19-25-40(26-20-37)43-13-6-14-46-45(43)32-34-52-54(46)50-18-8-16-48(56(50)65-52)47-15-7-17-49-53-44-12-5-4-11-39(44)31-33-51(53)61-55(47)49/h1-34,61H. The number of rotatable bonds is 6. The normalized spacial score (nSPS) is 11.8. The molecule has 0 radical (unpaired) electrons. The third kappa shape index (κ3) is 6.20. The predicted octanol–water partition coefficient (Wildman–Crippen LogP) is 16.4. The lowest BCUT2D eigenvalue weighted by Gasteiger charge is -2.10. The van der Waals surface area contributed by atoms with Crippen LogP contribution in [-0.4, -0.2) is 19.9 Å². The van der Waals surface area contributed by atoms with Crippen molar-refractivity contribution in [2.75, 3.05) is 0 Å². The Hall–Kier alpha value is -8.38. The first-order valence-corrected chi connectivity index (χ1v) is 22.1. The molecular formula is C59H35ClN4O. The molecule has 13 aromatic rings. The van der Waals surface area contributed by atoms with Gasteiger partial charge in [-0.15, -0.1) is 0 Å². The molecule has 3 heterocycles. The largest absolute Gasteiger partial charge is 0.455 e. The van der Waals surface area contributed by atoms with Crippen molar-refractivity contribution in [2.45, 2.75) is 0 Å². The summed E-state index contributed by atoms with van der Waals surface area (Å²) in [6, 6.07) is 72.5. The Balaban J connectivity index is 0.815. The number of hydrogen-bond acceptors (Lipinski definition) is 4. The van der Waals surface area contributed by atoms with Gasteiger partial charge in [-0.3, -0.25) is 0 Å². The number of H-pyrrole nitrogens is 1. The minimum Gasteiger partial charge on any atom is -0.455 e. The number of furan rings is 1. The monoisotopic (exact) mass is 850 g/mol. The highest BCUT2D eigenvalue weighted by Crippen LogP contribution is 2.44. The van der Waals surface area contributed by atoms with Crippen LogP contribution in [0.4, 0.5) is 0 Å². The smallest absolute Gasteiger partial charge is 0.226 e. The van der Waals surface area contributed by atoms with E-state index >= 15 is 0 Å². The third-order valence-electron chi connectivity index (χ3n) is 12.9. The molecule has 0 unspecified atom stereocenters. The Morgan fingerprint density at radius 3 is 1.62 bits per heavy atom. The highest BCUT2D eigenvalue weighted by Gasteiger charge is 2.19. The fraction of sp³-hybridized carbons (Fsp3) is 0. The van der Waals surface area contributed by atoms with Crippen molar-refractivity contribution >= 4 is 76.9 Å². The van der Waals surface area contributed by atoms with Crippen LogP contribution in [0.1, 0.15) is 0 Å². The molecule has 0 bridgehead atoms. The molecule has 0 aliphatic heterocycles. The second kappa shape index (κ2) is 14.9. The van der Waals surface area contributed by atoms with E-state index in [4.69, 9.17) is 21.0 Å². The number of halogens is 1. The molecule has 0 aliphatic rings. The second-order valence-electron chi connectivity index (χ2n) is 16.5. The maximum atomic E-state index is 6.80. The van der Waals surface area contributed by atoms with Crippen LogP contribution >= 0.6 is 11.6 Å². The molecule has 0 saturated heterocycles. The van der Waals surface area contributed by atoms with E-state index in [1.165, 1.54) is 32.5 Å². The van der Waals surface area contributed by atoms with E-state index in [2.05, 4.69) is 179 Å². The van der Waals surface area contributed by atoms with Crippen LogP contribution in [0.15, 0.2) is 211 Å². The molecule has 0 spiro atoms. The Morgan fingerprint density at radius 2 is 0.908 bits per heavy atom. The average molecular weight is 851 g/mol. The quantitative estimate of drug-likeness (QED) is 0.181. The summed E-state index contributed by atoms with van der Waals surface area (Å²) in [5.41, 5.74) is 14.7. The van der Waals surface area contributed by atoms with Crippen molar-refractivity contribution in [1.29, 1.82) is 0 Å². The zero-order valence-corrected chi connectivity index (χ0v) is 35.5. The molecule has 6 heteroatoms. The van der Waals surface area contributed by atoms with Crippen LogP contribution in [-0.2, 0) is 0 Å². The maximum absolute atomic E-state index is 6.80. The van der Waals surface area contributed by atoms with E-state index in [0.29, 0.717) is 11.6 Å². The first-order chi connectivity index (χ1) is 32.1. The summed E-state index contributed by atoms with van der Waals surface area (Å²) >= 11 is 6.46. The number of nitrogens with one attached hydrogen (secondary N) is 1. The van der Waals surface area contributed by atoms with Crippen molar-refractivity contribution < 1.29 is 4.42 Å². The molecule has 1 N–H and O–H groups in total. The van der Waals surface area contributed by atoms with Crippen molar-refractivity contribution in [2.24, 2.45) is 0 Å². The average Bonchev–Trinajstić information content (AvgIpc) is 3.96. The fourth-order valence-corrected chi connectivity index (χ4v) is 9.90. The molecule has 65 heavy (non-hydrogen) atoms. The summed E-state index contributed by atoms with van der Waals surface area (Å²) in [5, 5.41) is 9.67. The van der Waals surface area contributed by atoms with Crippen LogP contribution in [0.3, 0.4) is 0 Å². The summed E-state index contributed by atoms with van der Waals surface area (Å²) in [4.78, 5) is 17.5. The molecule has 10 aromatic carbocycles. The van der Waals surface area contributed by atoms with E-state index < -0.39 is 0 Å². The fourth-order valence-electron chi connectivity index (χ4n) is 9.74. The van der Waals surface area contributed by atoms with E-state index in [0.717, 1.165) is 88.4 Å². The molecular weight excluding hydrogens is 816 g/mol. The van der Waals surface area contributed by atoms with Gasteiger partial charge in [-0.25, -0.2) is 4.98 Å². The topological polar surface area (TPSA) is 67.6 Å². The van der Waals surface area contributed by atoms with Crippen LogP contribution < -0.4 is 0 Å². The lowest BCUT2D eigenvalue weighted by atomic mass is 9.93. The highest BCUT2D eigenvalue weighted by atomic mass is 35.5. The molecule has 304 valence electrons. The summed E-state index contributed by atoms with van der Waals surface area (Å²) in [5.74, 6) is 1.06. The number of benzene rings is 10. The number of fused-ring (bicyclic) bond motifs is 10. The van der Waals surface area contributed by atoms with Gasteiger partial charge >= 0.3 is 0 Å². The van der Waals surface area contributed by atoms with Crippen LogP contribution in [0.2, 0.25) is 5.28 Å². The van der Waals surface area contributed by atoms with Gasteiger partial charge in [0.25, 0.3) is 0 Å². The summed E-state index contributed by atoms with van der Waals surface area (Å²) in [7, 11) is 0. The Morgan fingerprint density at radius 1 is 0.354 bits per heavy atom. The number of nitrogens with zero attached hydrogens (tertiary/aromatic N) is 3. The molecule has 0 aliphatic carbocycles. The highest BCUT2D eigenvalue weighted by molar-refractivity contribution is 6.28. The number of hydrogen-bond donors (Lipinski definition) is 1. The Labute approximate surface area is 378 Å². The molecule has 3 aromatic heterocycles. The molecule has 0 saturated carbocycles. The van der Waals surface area contributed by atoms with Crippen LogP contribution in [0.5, 0.6) is 0 Å². The first kappa shape index (κ1) is 37.2. The van der Waals surface area contributed by atoms with Crippen molar-refractivity contribution in [3.8, 4) is 67.3 Å². The minimum atomic E-state index is 0.157. The molecule has 13 rings (SSSR count). The summed E-state index contributed by atoms with van der Waals surface area (Å²) in [6.07, 6.45) is 0. The Bertz CT molecular complexity index is 3990. The number of aromatic amines is 1. The van der Waals surface area contributed by atoms with Crippen molar-refractivity contribution in [3.05, 3.63) is 212 Å². The zero-order chi connectivity index (χ0) is 43.0.